The maximum absolute atomic E-state index is 11.5. The molecule has 0 saturated heterocycles. The summed E-state index contributed by atoms with van der Waals surface area (Å²) in [4.78, 5) is 18.6. The number of rotatable bonds is 5. The molecule has 0 aliphatic carbocycles. The van der Waals surface area contributed by atoms with Gasteiger partial charge >= 0.3 is 0 Å². The van der Waals surface area contributed by atoms with Crippen molar-refractivity contribution in [1.29, 1.82) is 0 Å². The van der Waals surface area contributed by atoms with Crippen molar-refractivity contribution in [3.05, 3.63) is 18.2 Å². The molecule has 0 radical (unpaired) electrons. The van der Waals surface area contributed by atoms with Crippen LogP contribution in [-0.2, 0) is 11.2 Å². The van der Waals surface area contributed by atoms with Crippen LogP contribution in [0.2, 0.25) is 0 Å². The summed E-state index contributed by atoms with van der Waals surface area (Å²) in [5.74, 6) is 1.11. The van der Waals surface area contributed by atoms with Crippen molar-refractivity contribution in [1.82, 2.24) is 15.3 Å². The van der Waals surface area contributed by atoms with E-state index >= 15 is 0 Å². The highest BCUT2D eigenvalue weighted by Crippen LogP contribution is 2.17. The fourth-order valence-electron chi connectivity index (χ4n) is 1.46. The summed E-state index contributed by atoms with van der Waals surface area (Å²) in [6.07, 6.45) is 5.93. The molecule has 0 aliphatic rings. The summed E-state index contributed by atoms with van der Waals surface area (Å²) < 4.78 is 0. The van der Waals surface area contributed by atoms with Gasteiger partial charge in [-0.05, 0) is 11.8 Å². The predicted molar refractivity (Wildman–Crippen MR) is 64.0 cm³/mol. The van der Waals surface area contributed by atoms with Crippen LogP contribution >= 0.6 is 0 Å². The van der Waals surface area contributed by atoms with Gasteiger partial charge in [-0.15, -0.1) is 0 Å². The Morgan fingerprint density at radius 1 is 1.50 bits per heavy atom. The zero-order chi connectivity index (χ0) is 12.0. The van der Waals surface area contributed by atoms with Crippen molar-refractivity contribution in [2.75, 3.05) is 6.54 Å². The summed E-state index contributed by atoms with van der Waals surface area (Å²) in [6.45, 7) is 6.91. The molecule has 16 heavy (non-hydrogen) atoms. The SMILES string of the molecule is CC(C)(C)CC(=O)NCCCc1ncc[nH]1. The molecular weight excluding hydrogens is 202 g/mol. The first kappa shape index (κ1) is 12.7. The summed E-state index contributed by atoms with van der Waals surface area (Å²) in [5.41, 5.74) is 0.0606. The smallest absolute Gasteiger partial charge is 0.220 e. The quantitative estimate of drug-likeness (QED) is 0.749. The second-order valence-electron chi connectivity index (χ2n) is 5.23. The molecule has 0 fully saturated rings. The first-order chi connectivity index (χ1) is 7.47. The lowest BCUT2D eigenvalue weighted by atomic mass is 9.92. The van der Waals surface area contributed by atoms with Crippen molar-refractivity contribution >= 4 is 5.91 Å². The van der Waals surface area contributed by atoms with Crippen molar-refractivity contribution in [2.24, 2.45) is 5.41 Å². The minimum absolute atomic E-state index is 0.0606. The van der Waals surface area contributed by atoms with Crippen LogP contribution in [0.15, 0.2) is 12.4 Å². The molecule has 1 aromatic rings. The Labute approximate surface area is 96.9 Å². The Hall–Kier alpha value is -1.32. The second kappa shape index (κ2) is 5.68. The van der Waals surface area contributed by atoms with Crippen LogP contribution in [0.1, 0.15) is 39.4 Å². The van der Waals surface area contributed by atoms with Gasteiger partial charge in [0, 0.05) is 31.8 Å². The zero-order valence-electron chi connectivity index (χ0n) is 10.3. The Bertz CT molecular complexity index is 312. The molecule has 0 saturated carbocycles. The molecule has 1 rings (SSSR count). The van der Waals surface area contributed by atoms with Crippen LogP contribution in [0.25, 0.3) is 0 Å². The van der Waals surface area contributed by atoms with Gasteiger partial charge in [0.05, 0.1) is 0 Å². The van der Waals surface area contributed by atoms with Crippen LogP contribution in [0.5, 0.6) is 0 Å². The van der Waals surface area contributed by atoms with Gasteiger partial charge in [0.1, 0.15) is 5.82 Å². The van der Waals surface area contributed by atoms with E-state index in [-0.39, 0.29) is 11.3 Å². The average Bonchev–Trinajstić information content (AvgIpc) is 2.62. The van der Waals surface area contributed by atoms with Gasteiger partial charge in [0.25, 0.3) is 0 Å². The van der Waals surface area contributed by atoms with Crippen molar-refractivity contribution in [3.63, 3.8) is 0 Å². The minimum atomic E-state index is 0.0606. The zero-order valence-corrected chi connectivity index (χ0v) is 10.3. The second-order valence-corrected chi connectivity index (χ2v) is 5.23. The van der Waals surface area contributed by atoms with E-state index in [0.717, 1.165) is 25.2 Å². The van der Waals surface area contributed by atoms with Crippen molar-refractivity contribution in [2.45, 2.75) is 40.0 Å². The lowest BCUT2D eigenvalue weighted by Crippen LogP contribution is -2.28. The Morgan fingerprint density at radius 3 is 2.81 bits per heavy atom. The maximum atomic E-state index is 11.5. The third-order valence-corrected chi connectivity index (χ3v) is 2.16. The number of aryl methyl sites for hydroxylation is 1. The number of nitrogens with zero attached hydrogens (tertiary/aromatic N) is 1. The topological polar surface area (TPSA) is 57.8 Å². The number of aromatic amines is 1. The first-order valence-corrected chi connectivity index (χ1v) is 5.72. The number of carbonyl (C=O) groups is 1. The third kappa shape index (κ3) is 5.53. The number of hydrogen-bond acceptors (Lipinski definition) is 2. The largest absolute Gasteiger partial charge is 0.356 e. The predicted octanol–water partition coefficient (Wildman–Crippen LogP) is 1.89. The highest BCUT2D eigenvalue weighted by atomic mass is 16.1. The minimum Gasteiger partial charge on any atom is -0.356 e. The Balaban J connectivity index is 2.09. The standard InChI is InChI=1S/C12H21N3O/c1-12(2,3)9-11(16)15-6-4-5-10-13-7-8-14-10/h7-8H,4-6,9H2,1-3H3,(H,13,14)(H,15,16). The van der Waals surface area contributed by atoms with Crippen molar-refractivity contribution in [3.8, 4) is 0 Å². The highest BCUT2D eigenvalue weighted by Gasteiger charge is 2.15. The average molecular weight is 223 g/mol. The maximum Gasteiger partial charge on any atom is 0.220 e. The van der Waals surface area contributed by atoms with Gasteiger partial charge in [-0.25, -0.2) is 4.98 Å². The van der Waals surface area contributed by atoms with Gasteiger partial charge in [-0.3, -0.25) is 4.79 Å². The number of H-pyrrole nitrogens is 1. The number of aromatic nitrogens is 2. The molecule has 0 spiro atoms. The van der Waals surface area contributed by atoms with E-state index in [9.17, 15) is 4.79 Å². The first-order valence-electron chi connectivity index (χ1n) is 5.72. The van der Waals surface area contributed by atoms with Gasteiger partial charge in [0.2, 0.25) is 5.91 Å². The summed E-state index contributed by atoms with van der Waals surface area (Å²) in [5, 5.41) is 2.92. The molecule has 0 bridgehead atoms. The number of hydrogen-bond donors (Lipinski definition) is 2. The molecule has 2 N–H and O–H groups in total. The van der Waals surface area contributed by atoms with Crippen LogP contribution in [0.4, 0.5) is 0 Å². The summed E-state index contributed by atoms with van der Waals surface area (Å²) in [7, 11) is 0. The molecule has 4 heteroatoms. The monoisotopic (exact) mass is 223 g/mol. The van der Waals surface area contributed by atoms with Crippen molar-refractivity contribution < 1.29 is 4.79 Å². The molecule has 0 unspecified atom stereocenters. The van der Waals surface area contributed by atoms with Crippen LogP contribution in [0, 0.1) is 5.41 Å². The molecule has 0 aromatic carbocycles. The van der Waals surface area contributed by atoms with Crippen LogP contribution in [-0.4, -0.2) is 22.4 Å². The van der Waals surface area contributed by atoms with Gasteiger partial charge < -0.3 is 10.3 Å². The number of carbonyl (C=O) groups excluding carboxylic acids is 1. The molecule has 0 aliphatic heterocycles. The van der Waals surface area contributed by atoms with E-state index in [0.29, 0.717) is 6.42 Å². The molecule has 1 aromatic heterocycles. The van der Waals surface area contributed by atoms with E-state index < -0.39 is 0 Å². The molecule has 1 amide bonds. The number of nitrogens with one attached hydrogen (secondary N) is 2. The van der Waals surface area contributed by atoms with Gasteiger partial charge in [-0.2, -0.15) is 0 Å². The van der Waals surface area contributed by atoms with E-state index in [1.54, 1.807) is 6.20 Å². The third-order valence-electron chi connectivity index (χ3n) is 2.16. The van der Waals surface area contributed by atoms with E-state index in [1.807, 2.05) is 6.20 Å². The van der Waals surface area contributed by atoms with E-state index in [4.69, 9.17) is 0 Å². The van der Waals surface area contributed by atoms with Gasteiger partial charge in [-0.1, -0.05) is 20.8 Å². The Kier molecular flexibility index (Phi) is 4.52. The lowest BCUT2D eigenvalue weighted by Gasteiger charge is -2.17. The van der Waals surface area contributed by atoms with Crippen LogP contribution < -0.4 is 5.32 Å². The van der Waals surface area contributed by atoms with Gasteiger partial charge in [0.15, 0.2) is 0 Å². The molecule has 0 atom stereocenters. The fraction of sp³-hybridized carbons (Fsp3) is 0.667. The van der Waals surface area contributed by atoms with Crippen LogP contribution in [0.3, 0.4) is 0 Å². The fourth-order valence-corrected chi connectivity index (χ4v) is 1.46. The molecule has 4 nitrogen and oxygen atoms in total. The number of amides is 1. The summed E-state index contributed by atoms with van der Waals surface area (Å²) in [6, 6.07) is 0. The number of imidazole rings is 1. The van der Waals surface area contributed by atoms with E-state index in [1.165, 1.54) is 0 Å². The molecule has 1 heterocycles. The highest BCUT2D eigenvalue weighted by molar-refractivity contribution is 5.76. The van der Waals surface area contributed by atoms with E-state index in [2.05, 4.69) is 36.1 Å². The lowest BCUT2D eigenvalue weighted by molar-refractivity contribution is -0.122. The molecular formula is C12H21N3O. The normalized spacial score (nSPS) is 11.4. The summed E-state index contributed by atoms with van der Waals surface area (Å²) >= 11 is 0. The molecule has 90 valence electrons. The Morgan fingerprint density at radius 2 is 2.25 bits per heavy atom.